The molecule has 2 aliphatic heterocycles. The van der Waals surface area contributed by atoms with Crippen molar-refractivity contribution in [2.45, 2.75) is 38.8 Å². The molecule has 21 heavy (non-hydrogen) atoms. The first kappa shape index (κ1) is 14.0. The summed E-state index contributed by atoms with van der Waals surface area (Å²) in [6.45, 7) is 5.12. The summed E-state index contributed by atoms with van der Waals surface area (Å²) in [7, 11) is 0. The molecule has 1 fully saturated rings. The highest BCUT2D eigenvalue weighted by Crippen LogP contribution is 2.41. The molecule has 1 aromatic heterocycles. The first-order valence-electron chi connectivity index (χ1n) is 7.45. The molecule has 6 heteroatoms. The van der Waals surface area contributed by atoms with Crippen LogP contribution in [0.15, 0.2) is 8.95 Å². The third-order valence-corrected chi connectivity index (χ3v) is 7.09. The van der Waals surface area contributed by atoms with Gasteiger partial charge in [-0.05, 0) is 69.2 Å². The minimum Gasteiger partial charge on any atom is -0.341 e. The van der Waals surface area contributed by atoms with Crippen LogP contribution >= 0.6 is 31.9 Å². The van der Waals surface area contributed by atoms with Crippen LogP contribution in [-0.2, 0) is 13.0 Å². The van der Waals surface area contributed by atoms with Crippen molar-refractivity contribution in [3.05, 3.63) is 20.1 Å². The standard InChI is InChI=1S/C15H18Br2N4/c1-8-11(16)12(17)10-3-2-5-21-14(10)13(8)19-15(21)20-6-4-9(18)7-20/h9H,2-7,18H2,1H3/t9-/m1/s1. The second-order valence-electron chi connectivity index (χ2n) is 6.09. The molecule has 112 valence electrons. The van der Waals surface area contributed by atoms with Gasteiger partial charge in [0.25, 0.3) is 0 Å². The SMILES string of the molecule is Cc1c(Br)c(Br)c2c3c1nc(N1CC[C@@H](N)C1)n3CCC2. The third-order valence-electron chi connectivity index (χ3n) is 4.69. The van der Waals surface area contributed by atoms with Crippen LogP contribution in [0.5, 0.6) is 0 Å². The number of nitrogens with zero attached hydrogens (tertiary/aromatic N) is 3. The Hall–Kier alpha value is -0.590. The summed E-state index contributed by atoms with van der Waals surface area (Å²) in [6, 6.07) is 0.278. The van der Waals surface area contributed by atoms with Gasteiger partial charge >= 0.3 is 0 Å². The van der Waals surface area contributed by atoms with Crippen LogP contribution in [-0.4, -0.2) is 28.7 Å². The summed E-state index contributed by atoms with van der Waals surface area (Å²) in [5.41, 5.74) is 11.1. The molecule has 0 saturated carbocycles. The van der Waals surface area contributed by atoms with Gasteiger partial charge in [-0.15, -0.1) is 0 Å². The number of halogens is 2. The van der Waals surface area contributed by atoms with Gasteiger partial charge in [-0.3, -0.25) is 0 Å². The fourth-order valence-electron chi connectivity index (χ4n) is 3.58. The number of hydrogen-bond acceptors (Lipinski definition) is 3. The molecule has 0 spiro atoms. The minimum atomic E-state index is 0.278. The molecule has 1 atom stereocenters. The van der Waals surface area contributed by atoms with Crippen molar-refractivity contribution < 1.29 is 0 Å². The normalized spacial score (nSPS) is 21.5. The number of hydrogen-bond donors (Lipinski definition) is 1. The topological polar surface area (TPSA) is 47.1 Å². The Morgan fingerprint density at radius 3 is 2.76 bits per heavy atom. The maximum Gasteiger partial charge on any atom is 0.206 e. The smallest absolute Gasteiger partial charge is 0.206 e. The van der Waals surface area contributed by atoms with Crippen molar-refractivity contribution in [2.75, 3.05) is 18.0 Å². The molecular weight excluding hydrogens is 396 g/mol. The average Bonchev–Trinajstić information content (AvgIpc) is 3.07. The fraction of sp³-hybridized carbons (Fsp3) is 0.533. The van der Waals surface area contributed by atoms with Crippen molar-refractivity contribution in [1.82, 2.24) is 9.55 Å². The van der Waals surface area contributed by atoms with Gasteiger partial charge in [0.2, 0.25) is 5.95 Å². The maximum atomic E-state index is 6.08. The molecule has 1 saturated heterocycles. The summed E-state index contributed by atoms with van der Waals surface area (Å²) in [6.07, 6.45) is 3.34. The van der Waals surface area contributed by atoms with Gasteiger partial charge in [-0.1, -0.05) is 0 Å². The van der Waals surface area contributed by atoms with E-state index in [1.54, 1.807) is 0 Å². The van der Waals surface area contributed by atoms with Gasteiger partial charge < -0.3 is 15.2 Å². The van der Waals surface area contributed by atoms with E-state index in [0.717, 1.165) is 48.4 Å². The first-order chi connectivity index (χ1) is 10.1. The van der Waals surface area contributed by atoms with Gasteiger partial charge in [0.05, 0.1) is 11.0 Å². The Balaban J connectivity index is 1.99. The van der Waals surface area contributed by atoms with Crippen LogP contribution in [0, 0.1) is 6.92 Å². The lowest BCUT2D eigenvalue weighted by Gasteiger charge is -2.23. The van der Waals surface area contributed by atoms with Crippen LogP contribution in [0.3, 0.4) is 0 Å². The average molecular weight is 414 g/mol. The summed E-state index contributed by atoms with van der Waals surface area (Å²) < 4.78 is 4.73. The molecule has 1 aromatic carbocycles. The van der Waals surface area contributed by atoms with Gasteiger partial charge in [0.1, 0.15) is 0 Å². The second kappa shape index (κ2) is 4.96. The fourth-order valence-corrected chi connectivity index (χ4v) is 4.69. The van der Waals surface area contributed by atoms with Crippen molar-refractivity contribution in [3.63, 3.8) is 0 Å². The molecule has 0 bridgehead atoms. The zero-order valence-electron chi connectivity index (χ0n) is 12.0. The van der Waals surface area contributed by atoms with Crippen LogP contribution in [0.2, 0.25) is 0 Å². The van der Waals surface area contributed by atoms with Crippen LogP contribution < -0.4 is 10.6 Å². The summed E-state index contributed by atoms with van der Waals surface area (Å²) >= 11 is 7.47. The zero-order valence-corrected chi connectivity index (χ0v) is 15.2. The van der Waals surface area contributed by atoms with Gasteiger partial charge in [-0.2, -0.15) is 0 Å². The molecule has 3 heterocycles. The lowest BCUT2D eigenvalue weighted by Crippen LogP contribution is -2.28. The predicted octanol–water partition coefficient (Wildman–Crippen LogP) is 3.35. The number of rotatable bonds is 1. The van der Waals surface area contributed by atoms with Crippen molar-refractivity contribution in [1.29, 1.82) is 0 Å². The Morgan fingerprint density at radius 2 is 2.05 bits per heavy atom. The van der Waals surface area contributed by atoms with Crippen molar-refractivity contribution >= 4 is 48.8 Å². The Bertz CT molecular complexity index is 737. The summed E-state index contributed by atoms with van der Waals surface area (Å²) in [5.74, 6) is 1.10. The minimum absolute atomic E-state index is 0.278. The number of nitrogens with two attached hydrogens (primary N) is 1. The van der Waals surface area contributed by atoms with Gasteiger partial charge in [-0.25, -0.2) is 4.98 Å². The first-order valence-corrected chi connectivity index (χ1v) is 9.03. The van der Waals surface area contributed by atoms with E-state index in [-0.39, 0.29) is 6.04 Å². The molecule has 2 aromatic rings. The van der Waals surface area contributed by atoms with E-state index in [1.807, 2.05) is 0 Å². The van der Waals surface area contributed by atoms with E-state index in [9.17, 15) is 0 Å². The molecule has 2 N–H and O–H groups in total. The second-order valence-corrected chi connectivity index (χ2v) is 7.68. The largest absolute Gasteiger partial charge is 0.341 e. The molecule has 0 unspecified atom stereocenters. The summed E-state index contributed by atoms with van der Waals surface area (Å²) in [4.78, 5) is 7.33. The molecule has 2 aliphatic rings. The highest BCUT2D eigenvalue weighted by atomic mass is 79.9. The Morgan fingerprint density at radius 1 is 1.24 bits per heavy atom. The molecule has 4 nitrogen and oxygen atoms in total. The van der Waals surface area contributed by atoms with Crippen LogP contribution in [0.4, 0.5) is 5.95 Å². The predicted molar refractivity (Wildman–Crippen MR) is 93.0 cm³/mol. The number of aromatic nitrogens is 2. The lowest BCUT2D eigenvalue weighted by molar-refractivity contribution is 0.622. The molecule has 0 radical (unpaired) electrons. The van der Waals surface area contributed by atoms with E-state index in [2.05, 4.69) is 48.3 Å². The van der Waals surface area contributed by atoms with E-state index < -0.39 is 0 Å². The highest BCUT2D eigenvalue weighted by Gasteiger charge is 2.29. The number of imidazole rings is 1. The Kier molecular flexibility index (Phi) is 3.32. The van der Waals surface area contributed by atoms with Crippen molar-refractivity contribution in [2.24, 2.45) is 5.73 Å². The van der Waals surface area contributed by atoms with E-state index >= 15 is 0 Å². The number of benzene rings is 1. The zero-order chi connectivity index (χ0) is 14.7. The van der Waals surface area contributed by atoms with E-state index in [1.165, 1.54) is 27.5 Å². The van der Waals surface area contributed by atoms with Crippen LogP contribution in [0.25, 0.3) is 11.0 Å². The van der Waals surface area contributed by atoms with Gasteiger partial charge in [0, 0.05) is 34.6 Å². The molecular formula is C15H18Br2N4. The third kappa shape index (κ3) is 1.99. The van der Waals surface area contributed by atoms with E-state index in [0.29, 0.717) is 0 Å². The lowest BCUT2D eigenvalue weighted by atomic mass is 10.0. The Labute approximate surface area is 140 Å². The van der Waals surface area contributed by atoms with Gasteiger partial charge in [0.15, 0.2) is 0 Å². The van der Waals surface area contributed by atoms with E-state index in [4.69, 9.17) is 10.7 Å². The number of aryl methyl sites for hydroxylation is 3. The molecule has 0 aliphatic carbocycles. The highest BCUT2D eigenvalue weighted by molar-refractivity contribution is 9.13. The van der Waals surface area contributed by atoms with Crippen molar-refractivity contribution in [3.8, 4) is 0 Å². The molecule has 0 amide bonds. The quantitative estimate of drug-likeness (QED) is 0.779. The maximum absolute atomic E-state index is 6.08. The number of anilines is 1. The van der Waals surface area contributed by atoms with Crippen LogP contribution in [0.1, 0.15) is 24.0 Å². The molecule has 4 rings (SSSR count). The monoisotopic (exact) mass is 412 g/mol. The summed E-state index contributed by atoms with van der Waals surface area (Å²) in [5, 5.41) is 0.